The van der Waals surface area contributed by atoms with E-state index in [1.54, 1.807) is 31.2 Å². The molecule has 1 heterocycles. The lowest BCUT2D eigenvalue weighted by molar-refractivity contribution is -0.146. The Morgan fingerprint density at radius 1 is 1.38 bits per heavy atom. The standard InChI is InChI=1S/C15H20N2O4/c1-3-21-12-6-4-11(5-7-12)16-14(20)17-9-8-15(2,10-17)13(18)19/h4-7H,3,8-10H2,1-2H3,(H,16,20)(H,18,19). The van der Waals surface area contributed by atoms with Gasteiger partial charge in [0.15, 0.2) is 0 Å². The van der Waals surface area contributed by atoms with Crippen LogP contribution in [0.3, 0.4) is 0 Å². The highest BCUT2D eigenvalue weighted by atomic mass is 16.5. The van der Waals surface area contributed by atoms with Crippen molar-refractivity contribution in [2.24, 2.45) is 5.41 Å². The number of benzene rings is 1. The molecule has 0 aromatic heterocycles. The molecule has 2 N–H and O–H groups in total. The Hall–Kier alpha value is -2.24. The zero-order chi connectivity index (χ0) is 15.5. The zero-order valence-corrected chi connectivity index (χ0v) is 12.3. The SMILES string of the molecule is CCOc1ccc(NC(=O)N2CCC(C)(C(=O)O)C2)cc1. The highest BCUT2D eigenvalue weighted by Crippen LogP contribution is 2.30. The van der Waals surface area contributed by atoms with Crippen LogP contribution >= 0.6 is 0 Å². The molecule has 2 rings (SSSR count). The molecule has 1 atom stereocenters. The number of hydrogen-bond donors (Lipinski definition) is 2. The predicted molar refractivity (Wildman–Crippen MR) is 78.6 cm³/mol. The van der Waals surface area contributed by atoms with E-state index >= 15 is 0 Å². The summed E-state index contributed by atoms with van der Waals surface area (Å²) in [5.41, 5.74) is -0.191. The number of hydrogen-bond acceptors (Lipinski definition) is 3. The van der Waals surface area contributed by atoms with E-state index in [1.807, 2.05) is 6.92 Å². The Morgan fingerprint density at radius 2 is 2.05 bits per heavy atom. The molecule has 1 unspecified atom stereocenters. The summed E-state index contributed by atoms with van der Waals surface area (Å²) < 4.78 is 5.33. The summed E-state index contributed by atoms with van der Waals surface area (Å²) in [7, 11) is 0. The first kappa shape index (κ1) is 15.2. The lowest BCUT2D eigenvalue weighted by atomic mass is 9.90. The summed E-state index contributed by atoms with van der Waals surface area (Å²) in [6.45, 7) is 4.84. The minimum absolute atomic E-state index is 0.227. The van der Waals surface area contributed by atoms with Gasteiger partial charge in [0.1, 0.15) is 5.75 Å². The first-order chi connectivity index (χ1) is 9.94. The van der Waals surface area contributed by atoms with Gasteiger partial charge in [-0.2, -0.15) is 0 Å². The topological polar surface area (TPSA) is 78.9 Å². The van der Waals surface area contributed by atoms with Gasteiger partial charge in [0.2, 0.25) is 0 Å². The van der Waals surface area contributed by atoms with Gasteiger partial charge in [0.25, 0.3) is 0 Å². The molecule has 6 heteroatoms. The molecule has 0 spiro atoms. The lowest BCUT2D eigenvalue weighted by Gasteiger charge is -2.20. The fourth-order valence-corrected chi connectivity index (χ4v) is 2.31. The predicted octanol–water partition coefficient (Wildman–Crippen LogP) is 2.41. The first-order valence-electron chi connectivity index (χ1n) is 6.97. The molecule has 114 valence electrons. The van der Waals surface area contributed by atoms with Crippen molar-refractivity contribution in [1.82, 2.24) is 4.90 Å². The second-order valence-electron chi connectivity index (χ2n) is 5.42. The third-order valence-corrected chi connectivity index (χ3v) is 3.69. The monoisotopic (exact) mass is 292 g/mol. The van der Waals surface area contributed by atoms with Crippen molar-refractivity contribution in [3.8, 4) is 5.75 Å². The summed E-state index contributed by atoms with van der Waals surface area (Å²) >= 11 is 0. The van der Waals surface area contributed by atoms with Crippen molar-refractivity contribution < 1.29 is 19.4 Å². The van der Waals surface area contributed by atoms with Gasteiger partial charge >= 0.3 is 12.0 Å². The van der Waals surface area contributed by atoms with E-state index in [0.29, 0.717) is 25.3 Å². The number of nitrogens with one attached hydrogen (secondary N) is 1. The van der Waals surface area contributed by atoms with Gasteiger partial charge in [-0.3, -0.25) is 4.79 Å². The minimum atomic E-state index is -0.862. The Bertz CT molecular complexity index is 529. The van der Waals surface area contributed by atoms with Crippen molar-refractivity contribution in [1.29, 1.82) is 0 Å². The second-order valence-corrected chi connectivity index (χ2v) is 5.42. The van der Waals surface area contributed by atoms with Crippen LogP contribution in [-0.4, -0.2) is 41.7 Å². The average Bonchev–Trinajstić information content (AvgIpc) is 2.85. The van der Waals surface area contributed by atoms with Crippen molar-refractivity contribution >= 4 is 17.7 Å². The number of nitrogens with zero attached hydrogens (tertiary/aromatic N) is 1. The summed E-state index contributed by atoms with van der Waals surface area (Å²) in [5, 5.41) is 11.9. The first-order valence-corrected chi connectivity index (χ1v) is 6.97. The van der Waals surface area contributed by atoms with Crippen LogP contribution in [0, 0.1) is 5.41 Å². The van der Waals surface area contributed by atoms with Gasteiger partial charge in [-0.05, 0) is 44.5 Å². The summed E-state index contributed by atoms with van der Waals surface area (Å²) in [6.07, 6.45) is 0.471. The maximum absolute atomic E-state index is 12.1. The number of rotatable bonds is 4. The van der Waals surface area contributed by atoms with E-state index in [2.05, 4.69) is 5.32 Å². The highest BCUT2D eigenvalue weighted by molar-refractivity contribution is 5.90. The van der Waals surface area contributed by atoms with Crippen LogP contribution in [-0.2, 0) is 4.79 Å². The fourth-order valence-electron chi connectivity index (χ4n) is 2.31. The molecular formula is C15H20N2O4. The molecule has 6 nitrogen and oxygen atoms in total. The van der Waals surface area contributed by atoms with Crippen molar-refractivity contribution in [3.63, 3.8) is 0 Å². The van der Waals surface area contributed by atoms with Crippen LogP contribution in [0.5, 0.6) is 5.75 Å². The van der Waals surface area contributed by atoms with Gasteiger partial charge < -0.3 is 20.1 Å². The summed E-state index contributed by atoms with van der Waals surface area (Å²) in [5.74, 6) is -0.117. The van der Waals surface area contributed by atoms with E-state index in [4.69, 9.17) is 4.74 Å². The normalized spacial score (nSPS) is 21.1. The number of urea groups is 1. The number of anilines is 1. The largest absolute Gasteiger partial charge is 0.494 e. The zero-order valence-electron chi connectivity index (χ0n) is 12.3. The number of amides is 2. The third kappa shape index (κ3) is 3.45. The minimum Gasteiger partial charge on any atom is -0.494 e. The maximum atomic E-state index is 12.1. The van der Waals surface area contributed by atoms with Gasteiger partial charge in [0.05, 0.1) is 12.0 Å². The number of carbonyl (C=O) groups is 2. The number of carboxylic acids is 1. The number of likely N-dealkylation sites (tertiary alicyclic amines) is 1. The summed E-state index contributed by atoms with van der Waals surface area (Å²) in [4.78, 5) is 24.8. The van der Waals surface area contributed by atoms with E-state index in [9.17, 15) is 14.7 Å². The third-order valence-electron chi connectivity index (χ3n) is 3.69. The molecule has 1 aliphatic rings. The van der Waals surface area contributed by atoms with Crippen LogP contribution in [0.25, 0.3) is 0 Å². The quantitative estimate of drug-likeness (QED) is 0.893. The fraction of sp³-hybridized carbons (Fsp3) is 0.467. The molecule has 0 aliphatic carbocycles. The Morgan fingerprint density at radius 3 is 2.57 bits per heavy atom. The van der Waals surface area contributed by atoms with Gasteiger partial charge in [0, 0.05) is 18.8 Å². The molecular weight excluding hydrogens is 272 g/mol. The van der Waals surface area contributed by atoms with E-state index < -0.39 is 11.4 Å². The number of ether oxygens (including phenoxy) is 1. The van der Waals surface area contributed by atoms with Crippen LogP contribution < -0.4 is 10.1 Å². The molecule has 0 saturated carbocycles. The second kappa shape index (κ2) is 6.03. The highest BCUT2D eigenvalue weighted by Gasteiger charge is 2.42. The molecule has 1 aromatic rings. The molecule has 1 saturated heterocycles. The van der Waals surface area contributed by atoms with Crippen LogP contribution in [0.15, 0.2) is 24.3 Å². The Labute approximate surface area is 123 Å². The Kier molecular flexibility index (Phi) is 4.35. The average molecular weight is 292 g/mol. The molecule has 1 fully saturated rings. The van der Waals surface area contributed by atoms with Crippen LogP contribution in [0.4, 0.5) is 10.5 Å². The molecule has 0 radical (unpaired) electrons. The molecule has 1 aliphatic heterocycles. The van der Waals surface area contributed by atoms with Gasteiger partial charge in [-0.15, -0.1) is 0 Å². The van der Waals surface area contributed by atoms with Crippen molar-refractivity contribution in [2.45, 2.75) is 20.3 Å². The maximum Gasteiger partial charge on any atom is 0.321 e. The van der Waals surface area contributed by atoms with E-state index in [-0.39, 0.29) is 12.6 Å². The smallest absolute Gasteiger partial charge is 0.321 e. The van der Waals surface area contributed by atoms with E-state index in [1.165, 1.54) is 4.90 Å². The van der Waals surface area contributed by atoms with Gasteiger partial charge in [-0.1, -0.05) is 0 Å². The van der Waals surface area contributed by atoms with Gasteiger partial charge in [-0.25, -0.2) is 4.79 Å². The van der Waals surface area contributed by atoms with Crippen molar-refractivity contribution in [3.05, 3.63) is 24.3 Å². The number of carboxylic acid groups (broad SMARTS) is 1. The Balaban J connectivity index is 1.94. The van der Waals surface area contributed by atoms with Crippen LogP contribution in [0.2, 0.25) is 0 Å². The van der Waals surface area contributed by atoms with Crippen molar-refractivity contribution in [2.75, 3.05) is 25.0 Å². The number of carbonyl (C=O) groups excluding carboxylic acids is 1. The molecule has 2 amide bonds. The van der Waals surface area contributed by atoms with Crippen LogP contribution in [0.1, 0.15) is 20.3 Å². The van der Waals surface area contributed by atoms with E-state index in [0.717, 1.165) is 5.75 Å². The molecule has 1 aromatic carbocycles. The lowest BCUT2D eigenvalue weighted by Crippen LogP contribution is -2.37. The number of aliphatic carboxylic acids is 1. The molecule has 0 bridgehead atoms. The molecule has 21 heavy (non-hydrogen) atoms. The summed E-state index contributed by atoms with van der Waals surface area (Å²) in [6, 6.07) is 6.81.